The third-order valence-electron chi connectivity index (χ3n) is 2.71. The van der Waals surface area contributed by atoms with Gasteiger partial charge in [-0.1, -0.05) is 13.8 Å². The van der Waals surface area contributed by atoms with Gasteiger partial charge in [-0.25, -0.2) is 4.98 Å². The van der Waals surface area contributed by atoms with E-state index < -0.39 is 0 Å². The molecule has 0 amide bonds. The van der Waals surface area contributed by atoms with Gasteiger partial charge in [-0.15, -0.1) is 0 Å². The first-order valence-electron chi connectivity index (χ1n) is 5.37. The van der Waals surface area contributed by atoms with Gasteiger partial charge < -0.3 is 10.0 Å². The molecule has 0 spiro atoms. The number of aromatic nitrogens is 2. The highest BCUT2D eigenvalue weighted by Gasteiger charge is 2.12. The Bertz CT molecular complexity index is 282. The minimum atomic E-state index is -0.0536. The minimum Gasteiger partial charge on any atom is -0.390 e. The first kappa shape index (κ1) is 11.9. The van der Waals surface area contributed by atoms with Gasteiger partial charge in [-0.2, -0.15) is 0 Å². The van der Waals surface area contributed by atoms with Crippen molar-refractivity contribution >= 4 is 5.82 Å². The van der Waals surface area contributed by atoms with E-state index in [0.717, 1.165) is 18.7 Å². The van der Waals surface area contributed by atoms with Crippen molar-refractivity contribution < 1.29 is 5.11 Å². The molecule has 4 nitrogen and oxygen atoms in total. The standard InChI is InChI=1S/C11H19N3O/c1-4-10(5-2)14(3)11-7-12-9(8-15)6-13-11/h6-7,10,15H,4-5,8H2,1-3H3. The molecule has 84 valence electrons. The number of hydrogen-bond acceptors (Lipinski definition) is 4. The van der Waals surface area contributed by atoms with Crippen LogP contribution >= 0.6 is 0 Å². The van der Waals surface area contributed by atoms with E-state index in [-0.39, 0.29) is 6.61 Å². The molecule has 1 aromatic heterocycles. The third-order valence-corrected chi connectivity index (χ3v) is 2.71. The lowest BCUT2D eigenvalue weighted by molar-refractivity contribution is 0.276. The Hall–Kier alpha value is -1.16. The largest absolute Gasteiger partial charge is 0.390 e. The van der Waals surface area contributed by atoms with Crippen LogP contribution in [0.2, 0.25) is 0 Å². The fourth-order valence-corrected chi connectivity index (χ4v) is 1.64. The van der Waals surface area contributed by atoms with Crippen molar-refractivity contribution in [1.82, 2.24) is 9.97 Å². The normalized spacial score (nSPS) is 10.7. The topological polar surface area (TPSA) is 49.2 Å². The molecule has 0 saturated heterocycles. The molecule has 0 atom stereocenters. The molecule has 0 aliphatic rings. The van der Waals surface area contributed by atoms with E-state index in [1.807, 2.05) is 7.05 Å². The van der Waals surface area contributed by atoms with Crippen LogP contribution in [0, 0.1) is 0 Å². The number of anilines is 1. The van der Waals surface area contributed by atoms with E-state index >= 15 is 0 Å². The first-order chi connectivity index (χ1) is 7.22. The van der Waals surface area contributed by atoms with Gasteiger partial charge >= 0.3 is 0 Å². The van der Waals surface area contributed by atoms with Crippen LogP contribution in [0.3, 0.4) is 0 Å². The van der Waals surface area contributed by atoms with Gasteiger partial charge in [-0.3, -0.25) is 4.98 Å². The van der Waals surface area contributed by atoms with E-state index in [1.165, 1.54) is 0 Å². The summed E-state index contributed by atoms with van der Waals surface area (Å²) in [6.07, 6.45) is 5.52. The molecule has 1 heterocycles. The monoisotopic (exact) mass is 209 g/mol. The molecule has 0 fully saturated rings. The van der Waals surface area contributed by atoms with Crippen LogP contribution in [-0.2, 0) is 6.61 Å². The summed E-state index contributed by atoms with van der Waals surface area (Å²) in [6, 6.07) is 0.499. The molecule has 0 saturated carbocycles. The van der Waals surface area contributed by atoms with Crippen LogP contribution in [0.4, 0.5) is 5.82 Å². The summed E-state index contributed by atoms with van der Waals surface area (Å²) < 4.78 is 0. The molecule has 1 aromatic rings. The van der Waals surface area contributed by atoms with E-state index in [2.05, 4.69) is 28.7 Å². The number of nitrogens with zero attached hydrogens (tertiary/aromatic N) is 3. The Morgan fingerprint density at radius 3 is 2.33 bits per heavy atom. The molecular formula is C11H19N3O. The summed E-state index contributed by atoms with van der Waals surface area (Å²) in [7, 11) is 2.03. The van der Waals surface area contributed by atoms with Gasteiger partial charge in [0.15, 0.2) is 0 Å². The highest BCUT2D eigenvalue weighted by atomic mass is 16.3. The lowest BCUT2D eigenvalue weighted by Gasteiger charge is -2.26. The SMILES string of the molecule is CCC(CC)N(C)c1cnc(CO)cn1. The molecule has 0 bridgehead atoms. The van der Waals surface area contributed by atoms with Gasteiger partial charge in [0.1, 0.15) is 5.82 Å². The quantitative estimate of drug-likeness (QED) is 0.800. The molecular weight excluding hydrogens is 190 g/mol. The predicted molar refractivity (Wildman–Crippen MR) is 60.7 cm³/mol. The Labute approximate surface area is 91.0 Å². The first-order valence-corrected chi connectivity index (χ1v) is 5.37. The number of aliphatic hydroxyl groups excluding tert-OH is 1. The zero-order valence-electron chi connectivity index (χ0n) is 9.64. The van der Waals surface area contributed by atoms with Gasteiger partial charge in [0, 0.05) is 13.1 Å². The molecule has 0 unspecified atom stereocenters. The van der Waals surface area contributed by atoms with Crippen LogP contribution in [0.1, 0.15) is 32.4 Å². The van der Waals surface area contributed by atoms with Crippen LogP contribution < -0.4 is 4.90 Å². The highest BCUT2D eigenvalue weighted by molar-refractivity contribution is 5.35. The van der Waals surface area contributed by atoms with Crippen LogP contribution in [0.25, 0.3) is 0 Å². The van der Waals surface area contributed by atoms with E-state index in [4.69, 9.17) is 5.11 Å². The highest BCUT2D eigenvalue weighted by Crippen LogP contribution is 2.14. The van der Waals surface area contributed by atoms with Crippen molar-refractivity contribution in [3.8, 4) is 0 Å². The lowest BCUT2D eigenvalue weighted by atomic mass is 10.1. The minimum absolute atomic E-state index is 0.0536. The average Bonchev–Trinajstić information content (AvgIpc) is 2.30. The van der Waals surface area contributed by atoms with Crippen LogP contribution in [-0.4, -0.2) is 28.2 Å². The van der Waals surface area contributed by atoms with Gasteiger partial charge in [0.2, 0.25) is 0 Å². The molecule has 4 heteroatoms. The third kappa shape index (κ3) is 2.89. The maximum atomic E-state index is 8.85. The molecule has 0 aliphatic carbocycles. The maximum absolute atomic E-state index is 8.85. The zero-order valence-corrected chi connectivity index (χ0v) is 9.64. The summed E-state index contributed by atoms with van der Waals surface area (Å²) in [5.74, 6) is 0.862. The van der Waals surface area contributed by atoms with E-state index in [1.54, 1.807) is 12.4 Å². The van der Waals surface area contributed by atoms with Gasteiger partial charge in [-0.05, 0) is 12.8 Å². The van der Waals surface area contributed by atoms with Crippen molar-refractivity contribution in [3.05, 3.63) is 18.1 Å². The van der Waals surface area contributed by atoms with Crippen LogP contribution in [0.5, 0.6) is 0 Å². The summed E-state index contributed by atoms with van der Waals surface area (Å²) in [5, 5.41) is 8.85. The van der Waals surface area contributed by atoms with Crippen molar-refractivity contribution in [2.45, 2.75) is 39.3 Å². The number of hydrogen-bond donors (Lipinski definition) is 1. The van der Waals surface area contributed by atoms with Crippen molar-refractivity contribution in [1.29, 1.82) is 0 Å². The molecule has 0 radical (unpaired) electrons. The van der Waals surface area contributed by atoms with E-state index in [9.17, 15) is 0 Å². The molecule has 0 aromatic carbocycles. The second kappa shape index (κ2) is 5.66. The second-order valence-electron chi connectivity index (χ2n) is 3.61. The van der Waals surface area contributed by atoms with Crippen LogP contribution in [0.15, 0.2) is 12.4 Å². The van der Waals surface area contributed by atoms with Gasteiger partial charge in [0.05, 0.1) is 24.7 Å². The smallest absolute Gasteiger partial charge is 0.147 e. The number of rotatable bonds is 5. The lowest BCUT2D eigenvalue weighted by Crippen LogP contribution is -2.31. The molecule has 15 heavy (non-hydrogen) atoms. The van der Waals surface area contributed by atoms with Crippen molar-refractivity contribution in [2.75, 3.05) is 11.9 Å². The fourth-order valence-electron chi connectivity index (χ4n) is 1.64. The molecule has 0 aliphatic heterocycles. The van der Waals surface area contributed by atoms with Crippen molar-refractivity contribution in [2.24, 2.45) is 0 Å². The second-order valence-corrected chi connectivity index (χ2v) is 3.61. The molecule has 1 rings (SSSR count). The summed E-state index contributed by atoms with van der Waals surface area (Å²) in [5.41, 5.74) is 0.608. The zero-order chi connectivity index (χ0) is 11.3. The Kier molecular flexibility index (Phi) is 4.49. The summed E-state index contributed by atoms with van der Waals surface area (Å²) >= 11 is 0. The maximum Gasteiger partial charge on any atom is 0.147 e. The predicted octanol–water partition coefficient (Wildman–Crippen LogP) is 1.59. The van der Waals surface area contributed by atoms with Crippen molar-refractivity contribution in [3.63, 3.8) is 0 Å². The molecule has 1 N–H and O–H groups in total. The average molecular weight is 209 g/mol. The number of aliphatic hydroxyl groups is 1. The fraction of sp³-hybridized carbons (Fsp3) is 0.636. The van der Waals surface area contributed by atoms with Gasteiger partial charge in [0.25, 0.3) is 0 Å². The Morgan fingerprint density at radius 1 is 1.27 bits per heavy atom. The van der Waals surface area contributed by atoms with E-state index in [0.29, 0.717) is 11.7 Å². The Morgan fingerprint density at radius 2 is 1.93 bits per heavy atom. The summed E-state index contributed by atoms with van der Waals surface area (Å²) in [6.45, 7) is 4.28. The summed E-state index contributed by atoms with van der Waals surface area (Å²) in [4.78, 5) is 10.5. The Balaban J connectivity index is 2.76.